The molecule has 695 valence electrons. The second kappa shape index (κ2) is 53.3. The Labute approximate surface area is 788 Å². The molecule has 124 heavy (non-hydrogen) atoms. The number of imidazole rings is 2. The number of carbonyl (C=O) groups excluding carboxylic acids is 7. The van der Waals surface area contributed by atoms with Crippen molar-refractivity contribution in [1.29, 1.82) is 1.34 Å². The first-order chi connectivity index (χ1) is 56.1. The summed E-state index contributed by atoms with van der Waals surface area (Å²) in [5.41, 5.74) is 18.3. The molecule has 29 nitrogen and oxygen atoms in total. The number of esters is 6. The maximum absolute atomic E-state index is 11.2. The van der Waals surface area contributed by atoms with E-state index < -0.39 is 12.4 Å². The fraction of sp³-hybridized carbons (Fsp3) is 0.736. The molecule has 13 aliphatic rings. The fourth-order valence-electron chi connectivity index (χ4n) is 21.5. The van der Waals surface area contributed by atoms with Gasteiger partial charge in [-0.25, -0.2) is 19.9 Å². The van der Waals surface area contributed by atoms with Gasteiger partial charge in [0.2, 0.25) is 11.9 Å². The molecule has 17 rings (SSSR count). The second-order valence-electron chi connectivity index (χ2n) is 34.7. The molecule has 8 aliphatic carbocycles. The van der Waals surface area contributed by atoms with E-state index in [9.17, 15) is 48.9 Å². The number of aliphatic hydroxyl groups is 4. The first-order valence-corrected chi connectivity index (χ1v) is 42.6. The van der Waals surface area contributed by atoms with Crippen LogP contribution in [0.4, 0.5) is 11.9 Å². The zero-order chi connectivity index (χ0) is 86.8. The van der Waals surface area contributed by atoms with Crippen molar-refractivity contribution in [1.82, 2.24) is 39.5 Å². The SMILES string of the molecule is C.C.C.C=C1[C@H](CC)[C@@H](C)C[C@@H]1n1cnc2c(C)nc(N)nc21.C=C1[C@H](O)C[C@H](C)[C@H]1CC.CC(=O)OC[C@H]1[C@@H]2CC(=O)O[C@@H]2C[C@@H]1OC(C)=O.CC[C@H]1[C@@H]2CC(=O)O[C@@H]2C[C@@H]1C.CC[C@H]1[C@@H]2CC(O)O[C@@H]2C[C@@H]1C.CC[C@H]1[C@H](C)[C@H](OC=O)C[C@@H]1C.Cc1nc(N)nc2nc[nH]c12.O=C1C[C@H]2C=CC[C@H]2O1.O=C1C[C@H]2[C@H](CO)[C@@H](O)C[C@H]2O1.[2H][B].[CH3-].[F-].[U].[Y]. The number of hydrogen-bond donors (Lipinski definition) is 7. The van der Waals surface area contributed by atoms with Crippen LogP contribution in [0.25, 0.3) is 22.3 Å². The molecule has 9 N–H and O–H groups in total. The van der Waals surface area contributed by atoms with Crippen LogP contribution in [0.3, 0.4) is 0 Å². The maximum atomic E-state index is 11.2. The van der Waals surface area contributed by atoms with Crippen molar-refractivity contribution in [3.8, 4) is 0 Å². The summed E-state index contributed by atoms with van der Waals surface area (Å²) in [4.78, 5) is 104. The van der Waals surface area contributed by atoms with E-state index in [2.05, 4.69) is 149 Å². The van der Waals surface area contributed by atoms with Gasteiger partial charge in [0, 0.05) is 154 Å². The summed E-state index contributed by atoms with van der Waals surface area (Å²) in [5.74, 6) is 8.08. The van der Waals surface area contributed by atoms with Gasteiger partial charge in [0.15, 0.2) is 17.6 Å². The Kier molecular flexibility index (Phi) is 49.1. The zero-order valence-electron chi connectivity index (χ0n) is 74.9. The number of H-pyrrole nitrogens is 1. The molecule has 3 radical (unpaired) electrons. The average molecular weight is 2040 g/mol. The summed E-state index contributed by atoms with van der Waals surface area (Å²) in [6.45, 7) is 39.9. The van der Waals surface area contributed by atoms with Crippen LogP contribution >= 0.6 is 0 Å². The number of aromatic amines is 1. The number of nitrogens with two attached hydrogens (primary N) is 2. The summed E-state index contributed by atoms with van der Waals surface area (Å²) < 4.78 is 48.4. The summed E-state index contributed by atoms with van der Waals surface area (Å²) in [6, 6.07) is 0.272. The van der Waals surface area contributed by atoms with Gasteiger partial charge in [-0.1, -0.05) is 149 Å². The predicted octanol–water partition coefficient (Wildman–Crippen LogP) is 10.4. The Morgan fingerprint density at radius 2 is 1.13 bits per heavy atom. The molecule has 0 bridgehead atoms. The quantitative estimate of drug-likeness (QED) is 0.0173. The molecule has 7 saturated carbocycles. The molecule has 4 aromatic heterocycles. The Bertz CT molecular complexity index is 4030. The van der Waals surface area contributed by atoms with Crippen LogP contribution in [0.2, 0.25) is 0 Å². The van der Waals surface area contributed by atoms with Gasteiger partial charge in [-0.2, -0.15) is 9.97 Å². The van der Waals surface area contributed by atoms with Crippen molar-refractivity contribution in [3.63, 3.8) is 0 Å². The molecule has 5 saturated heterocycles. The number of aliphatic hydroxyl groups excluding tert-OH is 4. The summed E-state index contributed by atoms with van der Waals surface area (Å²) in [6.07, 6.45) is 22.5. The number of nitrogen functional groups attached to an aromatic ring is 2. The predicted molar refractivity (Wildman–Crippen MR) is 466 cm³/mol. The van der Waals surface area contributed by atoms with Crippen molar-refractivity contribution < 1.29 is 160 Å². The molecule has 0 spiro atoms. The molecule has 0 amide bonds. The molecule has 9 heterocycles. The minimum Gasteiger partial charge on any atom is -1.00 e. The largest absolute Gasteiger partial charge is 1.00 e. The van der Waals surface area contributed by atoms with E-state index in [-0.39, 0.29) is 226 Å². The summed E-state index contributed by atoms with van der Waals surface area (Å²) in [5, 5.41) is 37.1. The number of aryl methyl sites for hydroxylation is 2. The van der Waals surface area contributed by atoms with Gasteiger partial charge in [-0.3, -0.25) is 33.6 Å². The minimum absolute atomic E-state index is 0. The Morgan fingerprint density at radius 1 is 0.621 bits per heavy atom. The van der Waals surface area contributed by atoms with Gasteiger partial charge >= 0.3 is 35.8 Å². The fourth-order valence-corrected chi connectivity index (χ4v) is 21.5. The number of fused-ring (bicyclic) bond motifs is 7. The smallest absolute Gasteiger partial charge is 0.306 e. The van der Waals surface area contributed by atoms with E-state index in [0.717, 1.165) is 121 Å². The summed E-state index contributed by atoms with van der Waals surface area (Å²) in [7, 11) is 3.75. The minimum atomic E-state index is -0.502. The van der Waals surface area contributed by atoms with Crippen molar-refractivity contribution in [3.05, 3.63) is 67.9 Å². The van der Waals surface area contributed by atoms with Gasteiger partial charge in [-0.05, 0) is 137 Å². The van der Waals surface area contributed by atoms with Crippen molar-refractivity contribution in [2.24, 2.45) is 107 Å². The van der Waals surface area contributed by atoms with Crippen LogP contribution in [-0.4, -0.2) is 186 Å². The van der Waals surface area contributed by atoms with Crippen LogP contribution < -0.4 is 16.2 Å². The van der Waals surface area contributed by atoms with Crippen molar-refractivity contribution >= 4 is 84.9 Å². The molecule has 0 aromatic carbocycles. The normalized spacial score (nSPS) is 34.3. The van der Waals surface area contributed by atoms with Crippen LogP contribution in [0.1, 0.15) is 245 Å². The second-order valence-corrected chi connectivity index (χ2v) is 34.7. The number of halogens is 1. The number of rotatable bonds is 12. The number of aromatic nitrogens is 8. The molecule has 12 fully saturated rings. The van der Waals surface area contributed by atoms with Gasteiger partial charge in [0.1, 0.15) is 47.7 Å². The van der Waals surface area contributed by atoms with E-state index >= 15 is 0 Å². The van der Waals surface area contributed by atoms with Gasteiger partial charge < -0.3 is 91.5 Å². The Hall–Kier alpha value is -5.84. The summed E-state index contributed by atoms with van der Waals surface area (Å²) >= 11 is 0. The van der Waals surface area contributed by atoms with Crippen LogP contribution in [-0.2, 0) is 104 Å². The molecule has 1 unspecified atom stereocenters. The molecular formula is C91H148BFN10O19UY-2. The number of nitrogens with one attached hydrogen (secondary N) is 1. The van der Waals surface area contributed by atoms with E-state index in [0.29, 0.717) is 116 Å². The first-order valence-electron chi connectivity index (χ1n) is 43.2. The van der Waals surface area contributed by atoms with E-state index in [1.807, 2.05) is 20.2 Å². The van der Waals surface area contributed by atoms with E-state index in [4.69, 9.17) is 55.8 Å². The zero-order valence-corrected chi connectivity index (χ0v) is 80.9. The topological polar surface area (TPSA) is 424 Å². The Morgan fingerprint density at radius 3 is 1.65 bits per heavy atom. The van der Waals surface area contributed by atoms with Crippen molar-refractivity contribution in [2.75, 3.05) is 24.7 Å². The molecule has 33 heteroatoms. The van der Waals surface area contributed by atoms with E-state index in [1.165, 1.54) is 38.7 Å². The third kappa shape index (κ3) is 28.8. The number of anilines is 2. The van der Waals surface area contributed by atoms with Gasteiger partial charge in [0.05, 0.1) is 80.7 Å². The molecule has 4 aromatic rings. The van der Waals surface area contributed by atoms with Crippen LogP contribution in [0.15, 0.2) is 49.1 Å². The average Bonchev–Trinajstić information content (AvgIpc) is 1.65. The number of ether oxygens (including phenoxy) is 8. The molecule has 29 atom stereocenters. The number of nitrogens with zero attached hydrogens (tertiary/aromatic N) is 7. The van der Waals surface area contributed by atoms with Gasteiger partial charge in [-0.15, -0.1) is 0 Å². The first kappa shape index (κ1) is 114. The third-order valence-electron chi connectivity index (χ3n) is 27.4. The molecule has 5 aliphatic heterocycles. The third-order valence-corrected chi connectivity index (χ3v) is 27.4. The van der Waals surface area contributed by atoms with E-state index in [1.54, 1.807) is 6.33 Å². The Balaban J connectivity index is 0.000000703. The van der Waals surface area contributed by atoms with Gasteiger partial charge in [0.25, 0.3) is 6.47 Å². The number of carbonyl (C=O) groups is 7. The number of allylic oxidation sites excluding steroid dienone is 1. The van der Waals surface area contributed by atoms with Crippen LogP contribution in [0.5, 0.6) is 0 Å². The van der Waals surface area contributed by atoms with Crippen molar-refractivity contribution in [2.45, 2.75) is 309 Å². The standard InChI is InChI=1S/C15H21N5.C12H16O6.C10H18O2.C10H16O2.C10H18O2.C9H16O.C8H12O4.C7H8O2.C6H7N5.3CH4.CH3.BH.FH.U.Y/c1-5-11-8(2)6-12(9(11)3)20-7-17-13-10(4)18-15(16)19-14(13)20;1-6(13)16-5-9-8-3-12(15)18-10(8)4-11(9)17-7(2)14;2*1-3-7-6(2)4-9-8(7)5-10(11)12-9;1-4-9-7(2)5-10(8(9)3)12-6-11;1-4-8-6(2)5-9(10)7(8)3;9-3-5-4-1-8(11)12-7(4)2-6(5)10;8-7-4-5-2-1-3-6(5)9-7;1-3-4-5(9-2-8-4)11-6(7)10-3;;;;;;;;/h7-8,11-12H,3,5-6H2,1-2,4H3,(H2,16,18,19);8-11H,3-5H2,1-2H3;6-11H,3-5H2,1-2H3;6-9H,3-5H2,1-2H3;6-10H,4-5H2,1-3H3;6,8-10H,3-5H2,1-2H3;4-7,9-10H,1-3H2;1-2,5-6H,3-4H2;2H,1H3,(H3,7,8,9,10,11);3*1H4;1H3;2*1H;;/q;;;;;;;;;;;;-1;;;;/p-1/t8-,11+,12-;8-,9-,10+,11-;6-,7+,8-,9+,10?;6-,7+,8-,9+;7-,8-,9+,10+;6-,8+,9+;4-,5-,6-,7+;5-,6-;;;;;;;;;/m00000001........./s1/i;;;;;;;;;;;;;1D;;;. The number of hydrogen-bond acceptors (Lipinski definition) is 27. The molecular weight excluding hydrogens is 1890 g/mol. The monoisotopic (exact) mass is 2040 g/mol. The van der Waals surface area contributed by atoms with Crippen LogP contribution in [0, 0.1) is 159 Å². The maximum Gasteiger partial charge on any atom is 0.306 e.